The highest BCUT2D eigenvalue weighted by atomic mass is 32.2. The van der Waals surface area contributed by atoms with Crippen LogP contribution in [0, 0.1) is 5.92 Å². The Morgan fingerprint density at radius 1 is 1.00 bits per heavy atom. The molecule has 8 heteroatoms. The second kappa shape index (κ2) is 8.68. The Labute approximate surface area is 158 Å². The molecule has 2 aromatic carbocycles. The summed E-state index contributed by atoms with van der Waals surface area (Å²) < 4.78 is 27.0. The Hall–Kier alpha value is -2.87. The summed E-state index contributed by atoms with van der Waals surface area (Å²) in [7, 11) is -3.72. The van der Waals surface area contributed by atoms with Crippen molar-refractivity contribution in [3.05, 3.63) is 60.2 Å². The van der Waals surface area contributed by atoms with Crippen molar-refractivity contribution in [2.24, 2.45) is 5.92 Å². The zero-order valence-corrected chi connectivity index (χ0v) is 15.9. The van der Waals surface area contributed by atoms with E-state index in [1.54, 1.807) is 18.2 Å². The topological polar surface area (TPSA) is 113 Å². The first-order chi connectivity index (χ1) is 12.7. The quantitative estimate of drug-likeness (QED) is 0.641. The molecule has 3 N–H and O–H groups in total. The summed E-state index contributed by atoms with van der Waals surface area (Å²) in [6, 6.07) is 12.7. The molecule has 1 amide bonds. The average molecular weight is 390 g/mol. The third-order valence-corrected chi connectivity index (χ3v) is 5.16. The van der Waals surface area contributed by atoms with Gasteiger partial charge >= 0.3 is 5.97 Å². The molecule has 0 radical (unpaired) electrons. The number of carboxylic acids is 1. The third-order valence-electron chi connectivity index (χ3n) is 3.76. The fourth-order valence-corrected chi connectivity index (χ4v) is 3.52. The number of hydrogen-bond donors (Lipinski definition) is 3. The maximum absolute atomic E-state index is 12.3. The average Bonchev–Trinajstić information content (AvgIpc) is 2.61. The van der Waals surface area contributed by atoms with Crippen LogP contribution in [0.2, 0.25) is 0 Å². The maximum Gasteiger partial charge on any atom is 0.326 e. The van der Waals surface area contributed by atoms with E-state index >= 15 is 0 Å². The van der Waals surface area contributed by atoms with Gasteiger partial charge in [-0.3, -0.25) is 9.52 Å². The summed E-state index contributed by atoms with van der Waals surface area (Å²) in [5.41, 5.74) is 0.542. The minimum atomic E-state index is -3.72. The fourth-order valence-electron chi connectivity index (χ4n) is 2.44. The number of nitrogens with one attached hydrogen (secondary N) is 2. The zero-order chi connectivity index (χ0) is 20.0. The molecule has 1 atom stereocenters. The van der Waals surface area contributed by atoms with Crippen LogP contribution in [-0.4, -0.2) is 31.4 Å². The molecule has 144 valence electrons. The summed E-state index contributed by atoms with van der Waals surface area (Å²) in [5.74, 6) is -1.51. The van der Waals surface area contributed by atoms with Crippen molar-refractivity contribution in [1.29, 1.82) is 0 Å². The Kier molecular flexibility index (Phi) is 6.57. The van der Waals surface area contributed by atoms with Crippen LogP contribution in [-0.2, 0) is 14.8 Å². The van der Waals surface area contributed by atoms with Crippen LogP contribution in [0.3, 0.4) is 0 Å². The van der Waals surface area contributed by atoms with E-state index in [4.69, 9.17) is 0 Å². The minimum absolute atomic E-state index is 0.112. The van der Waals surface area contributed by atoms with Gasteiger partial charge in [-0.25, -0.2) is 13.2 Å². The predicted octanol–water partition coefficient (Wildman–Crippen LogP) is 2.72. The summed E-state index contributed by atoms with van der Waals surface area (Å²) in [5, 5.41) is 11.7. The molecule has 0 saturated carbocycles. The first kappa shape index (κ1) is 20.4. The first-order valence-electron chi connectivity index (χ1n) is 8.40. The Morgan fingerprint density at radius 2 is 1.59 bits per heavy atom. The number of carbonyl (C=O) groups is 2. The van der Waals surface area contributed by atoms with Gasteiger partial charge in [-0.05, 0) is 48.7 Å². The Morgan fingerprint density at radius 3 is 2.11 bits per heavy atom. The van der Waals surface area contributed by atoms with Crippen molar-refractivity contribution in [3.8, 4) is 0 Å². The van der Waals surface area contributed by atoms with Crippen LogP contribution in [0.25, 0.3) is 0 Å². The second-order valence-corrected chi connectivity index (χ2v) is 8.17. The van der Waals surface area contributed by atoms with Gasteiger partial charge in [0.2, 0.25) is 0 Å². The van der Waals surface area contributed by atoms with Crippen LogP contribution in [0.4, 0.5) is 5.69 Å². The summed E-state index contributed by atoms with van der Waals surface area (Å²) in [6.45, 7) is 3.74. The van der Waals surface area contributed by atoms with Gasteiger partial charge in [-0.15, -0.1) is 0 Å². The van der Waals surface area contributed by atoms with E-state index in [0.717, 1.165) is 0 Å². The molecule has 0 aromatic heterocycles. The van der Waals surface area contributed by atoms with Gasteiger partial charge in [-0.2, -0.15) is 0 Å². The standard InChI is InChI=1S/C19H22N2O5S/c1-13(2)12-17(19(23)24)20-18(22)14-8-10-15(11-9-14)21-27(25,26)16-6-4-3-5-7-16/h3-11,13,17,21H,12H2,1-2H3,(H,20,22)(H,23,24)/t17-/m1/s1. The molecule has 7 nitrogen and oxygen atoms in total. The highest BCUT2D eigenvalue weighted by molar-refractivity contribution is 7.92. The van der Waals surface area contributed by atoms with Crippen LogP contribution in [0.5, 0.6) is 0 Å². The number of carboxylic acid groups (broad SMARTS) is 1. The Balaban J connectivity index is 2.08. The number of amides is 1. The summed E-state index contributed by atoms with van der Waals surface area (Å²) in [6.07, 6.45) is 0.316. The summed E-state index contributed by atoms with van der Waals surface area (Å²) >= 11 is 0. The number of benzene rings is 2. The molecule has 0 saturated heterocycles. The predicted molar refractivity (Wildman–Crippen MR) is 102 cm³/mol. The van der Waals surface area contributed by atoms with Gasteiger partial charge in [0, 0.05) is 11.3 Å². The lowest BCUT2D eigenvalue weighted by atomic mass is 10.0. The normalized spacial score (nSPS) is 12.4. The highest BCUT2D eigenvalue weighted by Crippen LogP contribution is 2.16. The molecule has 0 spiro atoms. The van der Waals surface area contributed by atoms with Crippen molar-refractivity contribution in [1.82, 2.24) is 5.32 Å². The molecule has 0 aliphatic rings. The van der Waals surface area contributed by atoms with Crippen molar-refractivity contribution < 1.29 is 23.1 Å². The molecule has 0 bridgehead atoms. The van der Waals surface area contributed by atoms with Gasteiger partial charge in [0.25, 0.3) is 15.9 Å². The number of rotatable bonds is 8. The molecular formula is C19H22N2O5S. The number of hydrogen-bond acceptors (Lipinski definition) is 4. The van der Waals surface area contributed by atoms with Crippen molar-refractivity contribution >= 4 is 27.6 Å². The van der Waals surface area contributed by atoms with Gasteiger partial charge in [-0.1, -0.05) is 32.0 Å². The molecule has 0 heterocycles. The molecule has 2 aromatic rings. The number of carbonyl (C=O) groups excluding carboxylic acids is 1. The maximum atomic E-state index is 12.3. The van der Waals surface area contributed by atoms with Gasteiger partial charge in [0.15, 0.2) is 0 Å². The van der Waals surface area contributed by atoms with E-state index in [0.29, 0.717) is 12.1 Å². The number of anilines is 1. The van der Waals surface area contributed by atoms with E-state index in [1.165, 1.54) is 36.4 Å². The Bertz CT molecular complexity index is 893. The van der Waals surface area contributed by atoms with Crippen molar-refractivity contribution in [2.45, 2.75) is 31.2 Å². The van der Waals surface area contributed by atoms with Gasteiger partial charge in [0.1, 0.15) is 6.04 Å². The third kappa shape index (κ3) is 5.82. The van der Waals surface area contributed by atoms with Crippen LogP contribution in [0.1, 0.15) is 30.6 Å². The summed E-state index contributed by atoms with van der Waals surface area (Å²) in [4.78, 5) is 23.6. The van der Waals surface area contributed by atoms with E-state index < -0.39 is 27.9 Å². The van der Waals surface area contributed by atoms with E-state index in [1.807, 2.05) is 13.8 Å². The van der Waals surface area contributed by atoms with E-state index in [2.05, 4.69) is 10.0 Å². The number of sulfonamides is 1. The molecule has 0 aliphatic heterocycles. The zero-order valence-electron chi connectivity index (χ0n) is 15.0. The first-order valence-corrected chi connectivity index (χ1v) is 9.89. The number of aliphatic carboxylic acids is 1. The van der Waals surface area contributed by atoms with Crippen LogP contribution >= 0.6 is 0 Å². The lowest BCUT2D eigenvalue weighted by Gasteiger charge is -2.16. The van der Waals surface area contributed by atoms with E-state index in [-0.39, 0.29) is 16.4 Å². The SMILES string of the molecule is CC(C)C[C@@H](NC(=O)c1ccc(NS(=O)(=O)c2ccccc2)cc1)C(=O)O. The van der Waals surface area contributed by atoms with E-state index in [9.17, 15) is 23.1 Å². The molecule has 0 aliphatic carbocycles. The fraction of sp³-hybridized carbons (Fsp3) is 0.263. The minimum Gasteiger partial charge on any atom is -0.480 e. The van der Waals surface area contributed by atoms with Gasteiger partial charge < -0.3 is 10.4 Å². The monoisotopic (exact) mass is 390 g/mol. The van der Waals surface area contributed by atoms with Crippen molar-refractivity contribution in [3.63, 3.8) is 0 Å². The lowest BCUT2D eigenvalue weighted by molar-refractivity contribution is -0.139. The van der Waals surface area contributed by atoms with Crippen molar-refractivity contribution in [2.75, 3.05) is 4.72 Å². The molecule has 27 heavy (non-hydrogen) atoms. The van der Waals surface area contributed by atoms with Gasteiger partial charge in [0.05, 0.1) is 4.90 Å². The second-order valence-electron chi connectivity index (χ2n) is 6.49. The molecule has 0 fully saturated rings. The molecular weight excluding hydrogens is 368 g/mol. The molecule has 0 unspecified atom stereocenters. The van der Waals surface area contributed by atoms with Crippen LogP contribution in [0.15, 0.2) is 59.5 Å². The lowest BCUT2D eigenvalue weighted by Crippen LogP contribution is -2.41. The molecule has 2 rings (SSSR count). The smallest absolute Gasteiger partial charge is 0.326 e. The highest BCUT2D eigenvalue weighted by Gasteiger charge is 2.22. The van der Waals surface area contributed by atoms with Crippen LogP contribution < -0.4 is 10.0 Å². The largest absolute Gasteiger partial charge is 0.480 e.